The van der Waals surface area contributed by atoms with Gasteiger partial charge < -0.3 is 5.11 Å². The molecular formula is C13H22O. The van der Waals surface area contributed by atoms with Gasteiger partial charge in [0.1, 0.15) is 0 Å². The van der Waals surface area contributed by atoms with Crippen LogP contribution in [0.5, 0.6) is 0 Å². The van der Waals surface area contributed by atoms with Gasteiger partial charge in [0.25, 0.3) is 0 Å². The third kappa shape index (κ3) is 1.63. The lowest BCUT2D eigenvalue weighted by Gasteiger charge is -2.38. The highest BCUT2D eigenvalue weighted by Gasteiger charge is 2.43. The fourth-order valence-corrected chi connectivity index (χ4v) is 2.95. The van der Waals surface area contributed by atoms with Gasteiger partial charge in [0.15, 0.2) is 0 Å². The van der Waals surface area contributed by atoms with Crippen molar-refractivity contribution in [2.75, 3.05) is 0 Å². The molecule has 0 aliphatic heterocycles. The number of aliphatic hydroxyl groups is 1. The largest absolute Gasteiger partial charge is 0.389 e. The minimum Gasteiger partial charge on any atom is -0.389 e. The smallest absolute Gasteiger partial charge is 0.0713 e. The molecule has 0 unspecified atom stereocenters. The van der Waals surface area contributed by atoms with Gasteiger partial charge >= 0.3 is 0 Å². The van der Waals surface area contributed by atoms with Crippen LogP contribution in [0.15, 0.2) is 11.6 Å². The minimum atomic E-state index is -0.339. The molecular weight excluding hydrogens is 172 g/mol. The predicted octanol–water partition coefficient (Wildman–Crippen LogP) is 3.28. The van der Waals surface area contributed by atoms with E-state index in [4.69, 9.17) is 0 Å². The Morgan fingerprint density at radius 1 is 1.43 bits per heavy atom. The Labute approximate surface area is 87.2 Å². The summed E-state index contributed by atoms with van der Waals surface area (Å²) < 4.78 is 0. The van der Waals surface area contributed by atoms with E-state index in [9.17, 15) is 5.11 Å². The van der Waals surface area contributed by atoms with Crippen LogP contribution < -0.4 is 0 Å². The van der Waals surface area contributed by atoms with Gasteiger partial charge in [0, 0.05) is 0 Å². The Morgan fingerprint density at radius 3 is 2.79 bits per heavy atom. The average molecular weight is 194 g/mol. The molecule has 1 heteroatoms. The first kappa shape index (κ1) is 10.2. The maximum Gasteiger partial charge on any atom is 0.0713 e. The van der Waals surface area contributed by atoms with Crippen LogP contribution in [0.2, 0.25) is 0 Å². The molecule has 0 saturated heterocycles. The lowest BCUT2D eigenvalue weighted by molar-refractivity contribution is -0.00225. The molecule has 0 radical (unpaired) electrons. The summed E-state index contributed by atoms with van der Waals surface area (Å²) in [7, 11) is 0. The van der Waals surface area contributed by atoms with E-state index in [1.54, 1.807) is 5.57 Å². The van der Waals surface area contributed by atoms with Crippen molar-refractivity contribution in [3.63, 3.8) is 0 Å². The summed E-state index contributed by atoms with van der Waals surface area (Å²) in [5, 5.41) is 10.3. The molecule has 0 aromatic rings. The number of hydrogen-bond acceptors (Lipinski definition) is 1. The maximum absolute atomic E-state index is 10.3. The molecule has 0 bridgehead atoms. The first-order chi connectivity index (χ1) is 6.42. The molecule has 2 rings (SSSR count). The van der Waals surface area contributed by atoms with Crippen molar-refractivity contribution in [2.24, 2.45) is 11.3 Å². The zero-order valence-electron chi connectivity index (χ0n) is 9.64. The number of fused-ring (bicyclic) bond motifs is 1. The van der Waals surface area contributed by atoms with E-state index in [-0.39, 0.29) is 5.60 Å². The summed E-state index contributed by atoms with van der Waals surface area (Å²) in [4.78, 5) is 0. The van der Waals surface area contributed by atoms with Crippen molar-refractivity contribution in [1.82, 2.24) is 0 Å². The molecule has 80 valence electrons. The molecule has 2 atom stereocenters. The highest BCUT2D eigenvalue weighted by molar-refractivity contribution is 5.19. The molecule has 1 fully saturated rings. The molecule has 2 aliphatic rings. The standard InChI is InChI=1S/C13H22O/c1-12(2,3)10-6-8-13(14)7-4-5-11(13)9-10/h6,11,14H,4-5,7-9H2,1-3H3/t11-,13-/m0/s1. The lowest BCUT2D eigenvalue weighted by Crippen LogP contribution is -2.36. The average Bonchev–Trinajstić information content (AvgIpc) is 2.42. The van der Waals surface area contributed by atoms with E-state index >= 15 is 0 Å². The van der Waals surface area contributed by atoms with Crippen molar-refractivity contribution in [2.45, 2.75) is 58.5 Å². The first-order valence-corrected chi connectivity index (χ1v) is 5.84. The quantitative estimate of drug-likeness (QED) is 0.587. The van der Waals surface area contributed by atoms with Crippen molar-refractivity contribution < 1.29 is 5.11 Å². The summed E-state index contributed by atoms with van der Waals surface area (Å²) in [6.45, 7) is 6.83. The van der Waals surface area contributed by atoms with Crippen molar-refractivity contribution >= 4 is 0 Å². The van der Waals surface area contributed by atoms with Crippen molar-refractivity contribution in [3.05, 3.63) is 11.6 Å². The first-order valence-electron chi connectivity index (χ1n) is 5.84. The normalized spacial score (nSPS) is 38.0. The van der Waals surface area contributed by atoms with Gasteiger partial charge in [-0.2, -0.15) is 0 Å². The van der Waals surface area contributed by atoms with Crippen LogP contribution in [-0.2, 0) is 0 Å². The summed E-state index contributed by atoms with van der Waals surface area (Å²) >= 11 is 0. The molecule has 2 aliphatic carbocycles. The van der Waals surface area contributed by atoms with Crippen molar-refractivity contribution in [3.8, 4) is 0 Å². The summed E-state index contributed by atoms with van der Waals surface area (Å²) in [5.41, 5.74) is 1.51. The van der Waals surface area contributed by atoms with Gasteiger partial charge in [0.05, 0.1) is 5.60 Å². The highest BCUT2D eigenvalue weighted by atomic mass is 16.3. The second-order valence-electron chi connectivity index (χ2n) is 6.08. The Balaban J connectivity index is 2.18. The number of rotatable bonds is 0. The van der Waals surface area contributed by atoms with Crippen LogP contribution in [0.4, 0.5) is 0 Å². The van der Waals surface area contributed by atoms with Crippen LogP contribution in [0, 0.1) is 11.3 Å². The molecule has 0 spiro atoms. The fraction of sp³-hybridized carbons (Fsp3) is 0.846. The lowest BCUT2D eigenvalue weighted by atomic mass is 9.71. The van der Waals surface area contributed by atoms with Crippen LogP contribution in [-0.4, -0.2) is 10.7 Å². The molecule has 0 amide bonds. The molecule has 0 aromatic heterocycles. The van der Waals surface area contributed by atoms with Gasteiger partial charge in [-0.3, -0.25) is 0 Å². The van der Waals surface area contributed by atoms with E-state index in [2.05, 4.69) is 26.8 Å². The molecule has 0 aromatic carbocycles. The summed E-state index contributed by atoms with van der Waals surface area (Å²) in [5.74, 6) is 0.543. The Hall–Kier alpha value is -0.300. The number of allylic oxidation sites excluding steroid dienone is 1. The van der Waals surface area contributed by atoms with Gasteiger partial charge in [-0.05, 0) is 37.0 Å². The van der Waals surface area contributed by atoms with Crippen LogP contribution in [0.25, 0.3) is 0 Å². The van der Waals surface area contributed by atoms with E-state index < -0.39 is 0 Å². The Bertz CT molecular complexity index is 259. The summed E-state index contributed by atoms with van der Waals surface area (Å²) in [6, 6.07) is 0. The van der Waals surface area contributed by atoms with Gasteiger partial charge in [0.2, 0.25) is 0 Å². The zero-order chi connectivity index (χ0) is 10.4. The third-order valence-electron chi connectivity index (χ3n) is 4.05. The maximum atomic E-state index is 10.3. The monoisotopic (exact) mass is 194 g/mol. The molecule has 1 N–H and O–H groups in total. The predicted molar refractivity (Wildman–Crippen MR) is 59.1 cm³/mol. The third-order valence-corrected chi connectivity index (χ3v) is 4.05. The van der Waals surface area contributed by atoms with E-state index in [1.165, 1.54) is 12.8 Å². The fourth-order valence-electron chi connectivity index (χ4n) is 2.95. The summed E-state index contributed by atoms with van der Waals surface area (Å²) in [6.07, 6.45) is 7.77. The molecule has 1 saturated carbocycles. The minimum absolute atomic E-state index is 0.296. The Morgan fingerprint density at radius 2 is 2.14 bits per heavy atom. The number of hydrogen-bond donors (Lipinski definition) is 1. The second-order valence-corrected chi connectivity index (χ2v) is 6.08. The molecule has 14 heavy (non-hydrogen) atoms. The second kappa shape index (κ2) is 3.10. The zero-order valence-corrected chi connectivity index (χ0v) is 9.64. The van der Waals surface area contributed by atoms with Gasteiger partial charge in [-0.15, -0.1) is 0 Å². The Kier molecular flexibility index (Phi) is 2.26. The van der Waals surface area contributed by atoms with E-state index in [1.807, 2.05) is 0 Å². The topological polar surface area (TPSA) is 20.2 Å². The SMILES string of the molecule is CC(C)(C)C1=CC[C@@]2(O)CCC[C@H]2C1. The molecule has 0 heterocycles. The van der Waals surface area contributed by atoms with Gasteiger partial charge in [-0.25, -0.2) is 0 Å². The molecule has 1 nitrogen and oxygen atoms in total. The van der Waals surface area contributed by atoms with Gasteiger partial charge in [-0.1, -0.05) is 38.8 Å². The van der Waals surface area contributed by atoms with Crippen LogP contribution in [0.3, 0.4) is 0 Å². The van der Waals surface area contributed by atoms with E-state index in [0.717, 1.165) is 19.3 Å². The van der Waals surface area contributed by atoms with Crippen molar-refractivity contribution in [1.29, 1.82) is 0 Å². The van der Waals surface area contributed by atoms with Crippen LogP contribution >= 0.6 is 0 Å². The highest BCUT2D eigenvalue weighted by Crippen LogP contribution is 2.48. The van der Waals surface area contributed by atoms with E-state index in [0.29, 0.717) is 11.3 Å². The van der Waals surface area contributed by atoms with Crippen LogP contribution in [0.1, 0.15) is 52.9 Å².